The number of benzene rings is 1. The van der Waals surface area contributed by atoms with Gasteiger partial charge in [-0.25, -0.2) is 4.98 Å². The molecule has 0 amide bonds. The fourth-order valence-electron chi connectivity index (χ4n) is 3.65. The molecule has 0 saturated carbocycles. The molecule has 0 radical (unpaired) electrons. The van der Waals surface area contributed by atoms with Crippen molar-refractivity contribution in [3.8, 4) is 0 Å². The van der Waals surface area contributed by atoms with Gasteiger partial charge in [0.2, 0.25) is 0 Å². The summed E-state index contributed by atoms with van der Waals surface area (Å²) in [5.74, 6) is 0.742. The highest BCUT2D eigenvalue weighted by molar-refractivity contribution is 6.31. The normalized spacial score (nSPS) is 15.2. The Morgan fingerprint density at radius 2 is 2.12 bits per heavy atom. The topological polar surface area (TPSA) is 52.7 Å². The van der Waals surface area contributed by atoms with Gasteiger partial charge in [-0.15, -0.1) is 0 Å². The van der Waals surface area contributed by atoms with Crippen molar-refractivity contribution in [2.75, 3.05) is 0 Å². The average molecular weight is 369 g/mol. The van der Waals surface area contributed by atoms with E-state index in [1.807, 2.05) is 6.92 Å². The highest BCUT2D eigenvalue weighted by Crippen LogP contribution is 2.29. The number of nitrogens with zero attached hydrogens (tertiary/aromatic N) is 4. The molecule has 0 bridgehead atoms. The van der Waals surface area contributed by atoms with Crippen molar-refractivity contribution < 1.29 is 0 Å². The van der Waals surface area contributed by atoms with Crippen molar-refractivity contribution >= 4 is 34.2 Å². The van der Waals surface area contributed by atoms with Crippen LogP contribution in [0.1, 0.15) is 42.5 Å². The third-order valence-corrected chi connectivity index (χ3v) is 5.24. The Hall–Kier alpha value is -2.40. The Morgan fingerprint density at radius 3 is 2.88 bits per heavy atom. The summed E-state index contributed by atoms with van der Waals surface area (Å²) in [5.41, 5.74) is 5.01. The number of fused-ring (bicyclic) bond motifs is 2. The summed E-state index contributed by atoms with van der Waals surface area (Å²) in [6.45, 7) is 7.84. The van der Waals surface area contributed by atoms with Crippen molar-refractivity contribution in [2.45, 2.75) is 46.7 Å². The summed E-state index contributed by atoms with van der Waals surface area (Å²) < 4.78 is 3.82. The maximum atomic E-state index is 12.8. The molecule has 1 aromatic carbocycles. The van der Waals surface area contributed by atoms with Crippen LogP contribution in [0.25, 0.3) is 22.6 Å². The van der Waals surface area contributed by atoms with E-state index in [4.69, 9.17) is 16.6 Å². The molecule has 0 N–H and O–H groups in total. The largest absolute Gasteiger partial charge is 0.292 e. The minimum atomic E-state index is 0.000175. The monoisotopic (exact) mass is 368 g/mol. The van der Waals surface area contributed by atoms with E-state index in [1.165, 1.54) is 0 Å². The van der Waals surface area contributed by atoms with Crippen LogP contribution in [0.4, 0.5) is 0 Å². The first-order valence-corrected chi connectivity index (χ1v) is 9.32. The lowest BCUT2D eigenvalue weighted by Crippen LogP contribution is -2.20. The first-order chi connectivity index (χ1) is 12.5. The predicted octanol–water partition coefficient (Wildman–Crippen LogP) is 4.22. The Balaban J connectivity index is 1.87. The Labute approximate surface area is 156 Å². The second-order valence-electron chi connectivity index (χ2n) is 6.78. The molecule has 0 fully saturated rings. The lowest BCUT2D eigenvalue weighted by atomic mass is 10.1. The molecular weight excluding hydrogens is 348 g/mol. The van der Waals surface area contributed by atoms with E-state index in [0.717, 1.165) is 47.7 Å². The van der Waals surface area contributed by atoms with E-state index in [2.05, 4.69) is 29.7 Å². The summed E-state index contributed by atoms with van der Waals surface area (Å²) in [5, 5.41) is 5.84. The molecule has 0 atom stereocenters. The number of rotatable bonds is 3. The van der Waals surface area contributed by atoms with Gasteiger partial charge in [0.05, 0.1) is 16.6 Å². The summed E-state index contributed by atoms with van der Waals surface area (Å²) in [7, 11) is 0. The summed E-state index contributed by atoms with van der Waals surface area (Å²) in [4.78, 5) is 17.5. The predicted molar refractivity (Wildman–Crippen MR) is 105 cm³/mol. The quantitative estimate of drug-likeness (QED) is 0.695. The van der Waals surface area contributed by atoms with Gasteiger partial charge in [-0.05, 0) is 56.5 Å². The molecule has 1 aliphatic rings. The zero-order chi connectivity index (χ0) is 18.4. The van der Waals surface area contributed by atoms with Gasteiger partial charge >= 0.3 is 0 Å². The van der Waals surface area contributed by atoms with Crippen molar-refractivity contribution in [1.29, 1.82) is 0 Å². The number of hydrogen-bond donors (Lipinski definition) is 0. The van der Waals surface area contributed by atoms with Gasteiger partial charge in [0.1, 0.15) is 5.82 Å². The zero-order valence-electron chi connectivity index (χ0n) is 15.2. The lowest BCUT2D eigenvalue weighted by molar-refractivity contribution is 0.583. The zero-order valence-corrected chi connectivity index (χ0v) is 16.0. The fraction of sp³-hybridized carbons (Fsp3) is 0.350. The average Bonchev–Trinajstić information content (AvgIpc) is 3.12. The van der Waals surface area contributed by atoms with E-state index in [0.29, 0.717) is 22.5 Å². The number of aryl methyl sites for hydroxylation is 2. The number of allylic oxidation sites excluding steroid dienone is 1. The molecule has 6 heteroatoms. The van der Waals surface area contributed by atoms with Crippen LogP contribution in [-0.2, 0) is 13.1 Å². The van der Waals surface area contributed by atoms with Crippen molar-refractivity contribution in [3.63, 3.8) is 0 Å². The fourth-order valence-corrected chi connectivity index (χ4v) is 3.82. The number of aromatic nitrogens is 4. The molecular formula is C20H21ClN4O. The van der Waals surface area contributed by atoms with Gasteiger partial charge in [-0.1, -0.05) is 18.5 Å². The number of halogens is 1. The SMILES string of the molecule is CCCn1nc(C)c(C=C2CCn3c2nc2cc(Cl)ccc2c3=O)c1C. The maximum Gasteiger partial charge on any atom is 0.261 e. The van der Waals surface area contributed by atoms with Crippen LogP contribution in [0.5, 0.6) is 0 Å². The Kier molecular flexibility index (Phi) is 4.19. The van der Waals surface area contributed by atoms with Crippen LogP contribution in [-0.4, -0.2) is 19.3 Å². The smallest absolute Gasteiger partial charge is 0.261 e. The van der Waals surface area contributed by atoms with Gasteiger partial charge < -0.3 is 0 Å². The maximum absolute atomic E-state index is 12.8. The molecule has 3 aromatic rings. The third-order valence-electron chi connectivity index (χ3n) is 5.00. The van der Waals surface area contributed by atoms with E-state index >= 15 is 0 Å². The van der Waals surface area contributed by atoms with E-state index < -0.39 is 0 Å². The summed E-state index contributed by atoms with van der Waals surface area (Å²) in [6.07, 6.45) is 3.99. The van der Waals surface area contributed by atoms with Gasteiger partial charge in [0, 0.05) is 29.4 Å². The van der Waals surface area contributed by atoms with Crippen LogP contribution in [0.15, 0.2) is 23.0 Å². The minimum absolute atomic E-state index is 0.000175. The first kappa shape index (κ1) is 17.0. The van der Waals surface area contributed by atoms with Crippen LogP contribution < -0.4 is 5.56 Å². The van der Waals surface area contributed by atoms with Crippen LogP contribution in [0.3, 0.4) is 0 Å². The molecule has 1 aliphatic heterocycles. The molecule has 5 nitrogen and oxygen atoms in total. The van der Waals surface area contributed by atoms with E-state index in [1.54, 1.807) is 22.8 Å². The highest BCUT2D eigenvalue weighted by Gasteiger charge is 2.22. The lowest BCUT2D eigenvalue weighted by Gasteiger charge is -2.06. The molecule has 0 spiro atoms. The highest BCUT2D eigenvalue weighted by atomic mass is 35.5. The molecule has 3 heterocycles. The first-order valence-electron chi connectivity index (χ1n) is 8.94. The molecule has 0 aliphatic carbocycles. The third kappa shape index (κ3) is 2.67. The minimum Gasteiger partial charge on any atom is -0.292 e. The second-order valence-corrected chi connectivity index (χ2v) is 7.22. The van der Waals surface area contributed by atoms with Crippen molar-refractivity contribution in [3.05, 3.63) is 56.4 Å². The van der Waals surface area contributed by atoms with Crippen LogP contribution in [0, 0.1) is 13.8 Å². The molecule has 4 rings (SSSR count). The van der Waals surface area contributed by atoms with Crippen molar-refractivity contribution in [2.24, 2.45) is 0 Å². The van der Waals surface area contributed by atoms with Crippen molar-refractivity contribution in [1.82, 2.24) is 19.3 Å². The molecule has 134 valence electrons. The molecule has 0 unspecified atom stereocenters. The van der Waals surface area contributed by atoms with Gasteiger partial charge in [0.25, 0.3) is 5.56 Å². The number of hydrogen-bond acceptors (Lipinski definition) is 3. The van der Waals surface area contributed by atoms with E-state index in [9.17, 15) is 4.79 Å². The second kappa shape index (κ2) is 6.40. The molecule has 2 aromatic heterocycles. The Bertz CT molecular complexity index is 1110. The standard InChI is InChI=1S/C20H21ClN4O/c1-4-8-25-13(3)17(12(2)23-25)10-14-7-9-24-19(14)22-18-11-15(21)5-6-16(18)20(24)26/h5-6,10-11H,4,7-9H2,1-3H3. The molecule has 26 heavy (non-hydrogen) atoms. The van der Waals surface area contributed by atoms with Gasteiger partial charge in [0.15, 0.2) is 0 Å². The summed E-state index contributed by atoms with van der Waals surface area (Å²) in [6, 6.07) is 5.25. The van der Waals surface area contributed by atoms with E-state index in [-0.39, 0.29) is 5.56 Å². The van der Waals surface area contributed by atoms with Gasteiger partial charge in [-0.2, -0.15) is 5.10 Å². The van der Waals surface area contributed by atoms with Gasteiger partial charge in [-0.3, -0.25) is 14.0 Å². The summed E-state index contributed by atoms with van der Waals surface area (Å²) >= 11 is 6.09. The van der Waals surface area contributed by atoms with Crippen LogP contribution in [0.2, 0.25) is 5.02 Å². The molecule has 0 saturated heterocycles. The van der Waals surface area contributed by atoms with Crippen LogP contribution >= 0.6 is 11.6 Å². The Morgan fingerprint density at radius 1 is 1.31 bits per heavy atom.